The summed E-state index contributed by atoms with van der Waals surface area (Å²) >= 11 is 0. The number of hydrazone groups is 1. The highest BCUT2D eigenvalue weighted by Crippen LogP contribution is 2.28. The van der Waals surface area contributed by atoms with E-state index >= 15 is 0 Å². The van der Waals surface area contributed by atoms with Crippen LogP contribution in [0.3, 0.4) is 0 Å². The molecule has 0 atom stereocenters. The summed E-state index contributed by atoms with van der Waals surface area (Å²) in [7, 11) is 0. The predicted octanol–water partition coefficient (Wildman–Crippen LogP) is 2.88. The minimum absolute atomic E-state index is 0.104. The molecule has 2 aromatic rings. The van der Waals surface area contributed by atoms with Gasteiger partial charge in [-0.15, -0.1) is 0 Å². The van der Waals surface area contributed by atoms with Crippen LogP contribution in [0.1, 0.15) is 21.5 Å². The van der Waals surface area contributed by atoms with Gasteiger partial charge < -0.3 is 10.2 Å². The van der Waals surface area contributed by atoms with E-state index in [9.17, 15) is 23.1 Å². The Morgan fingerprint density at radius 3 is 2.30 bits per heavy atom. The van der Waals surface area contributed by atoms with Crippen LogP contribution < -0.4 is 5.43 Å². The molecule has 120 valence electrons. The zero-order valence-corrected chi connectivity index (χ0v) is 11.5. The molecule has 0 heterocycles. The van der Waals surface area contributed by atoms with Crippen LogP contribution >= 0.6 is 0 Å². The molecule has 3 N–H and O–H groups in total. The topological polar surface area (TPSA) is 81.9 Å². The van der Waals surface area contributed by atoms with Crippen molar-refractivity contribution in [2.24, 2.45) is 5.10 Å². The third-order valence-corrected chi connectivity index (χ3v) is 2.84. The molecular formula is C15H11F3N2O3. The van der Waals surface area contributed by atoms with Crippen LogP contribution in [0, 0.1) is 0 Å². The first-order chi connectivity index (χ1) is 10.8. The molecule has 0 unspecified atom stereocenters. The van der Waals surface area contributed by atoms with E-state index in [-0.39, 0.29) is 11.3 Å². The molecule has 0 saturated heterocycles. The highest BCUT2D eigenvalue weighted by atomic mass is 19.4. The van der Waals surface area contributed by atoms with Gasteiger partial charge in [0.25, 0.3) is 5.91 Å². The molecule has 0 radical (unpaired) electrons. The Hall–Kier alpha value is -3.03. The number of amides is 1. The summed E-state index contributed by atoms with van der Waals surface area (Å²) in [5.41, 5.74) is 1.59. The van der Waals surface area contributed by atoms with Crippen LogP contribution in [-0.2, 0) is 6.18 Å². The van der Waals surface area contributed by atoms with Gasteiger partial charge in [-0.2, -0.15) is 18.3 Å². The Morgan fingerprint density at radius 2 is 1.74 bits per heavy atom. The number of hydrogen-bond acceptors (Lipinski definition) is 4. The smallest absolute Gasteiger partial charge is 0.416 e. The van der Waals surface area contributed by atoms with Crippen molar-refractivity contribution in [3.05, 3.63) is 59.2 Å². The van der Waals surface area contributed by atoms with Crippen molar-refractivity contribution in [3.63, 3.8) is 0 Å². The van der Waals surface area contributed by atoms with Gasteiger partial charge in [0.05, 0.1) is 17.3 Å². The van der Waals surface area contributed by atoms with Crippen molar-refractivity contribution < 1.29 is 28.2 Å². The van der Waals surface area contributed by atoms with Gasteiger partial charge in [0.15, 0.2) is 0 Å². The van der Waals surface area contributed by atoms with Gasteiger partial charge in [0, 0.05) is 6.07 Å². The van der Waals surface area contributed by atoms with Crippen molar-refractivity contribution in [2.45, 2.75) is 6.18 Å². The molecule has 23 heavy (non-hydrogen) atoms. The second kappa shape index (κ2) is 6.39. The van der Waals surface area contributed by atoms with E-state index in [1.54, 1.807) is 0 Å². The fourth-order valence-corrected chi connectivity index (χ4v) is 1.70. The lowest BCUT2D eigenvalue weighted by atomic mass is 10.1. The van der Waals surface area contributed by atoms with Gasteiger partial charge >= 0.3 is 6.18 Å². The molecule has 1 amide bonds. The van der Waals surface area contributed by atoms with E-state index in [2.05, 4.69) is 10.5 Å². The van der Waals surface area contributed by atoms with E-state index in [0.717, 1.165) is 24.4 Å². The number of halogens is 3. The summed E-state index contributed by atoms with van der Waals surface area (Å²) < 4.78 is 37.2. The van der Waals surface area contributed by atoms with Crippen LogP contribution in [0.2, 0.25) is 0 Å². The summed E-state index contributed by atoms with van der Waals surface area (Å²) in [5, 5.41) is 22.2. The van der Waals surface area contributed by atoms with E-state index in [4.69, 9.17) is 5.11 Å². The number of alkyl halides is 3. The number of nitrogens with one attached hydrogen (secondary N) is 1. The molecule has 0 bridgehead atoms. The number of carbonyl (C=O) groups excluding carboxylic acids is 1. The molecule has 0 aliphatic heterocycles. The molecule has 0 aliphatic carbocycles. The van der Waals surface area contributed by atoms with Crippen molar-refractivity contribution in [2.75, 3.05) is 0 Å². The van der Waals surface area contributed by atoms with Crippen molar-refractivity contribution in [1.82, 2.24) is 5.43 Å². The van der Waals surface area contributed by atoms with Crippen LogP contribution in [0.15, 0.2) is 47.6 Å². The van der Waals surface area contributed by atoms with E-state index < -0.39 is 23.4 Å². The van der Waals surface area contributed by atoms with Gasteiger partial charge in [-0.25, -0.2) is 5.43 Å². The first-order valence-corrected chi connectivity index (χ1v) is 6.30. The number of benzene rings is 2. The summed E-state index contributed by atoms with van der Waals surface area (Å²) in [4.78, 5) is 11.7. The monoisotopic (exact) mass is 324 g/mol. The maximum absolute atomic E-state index is 12.4. The van der Waals surface area contributed by atoms with Crippen molar-refractivity contribution >= 4 is 12.1 Å². The van der Waals surface area contributed by atoms with Crippen LogP contribution in [0.25, 0.3) is 0 Å². The fraction of sp³-hybridized carbons (Fsp3) is 0.0667. The molecule has 0 fully saturated rings. The first-order valence-electron chi connectivity index (χ1n) is 6.30. The Morgan fingerprint density at radius 1 is 1.09 bits per heavy atom. The third-order valence-electron chi connectivity index (χ3n) is 2.84. The average Bonchev–Trinajstić information content (AvgIpc) is 2.46. The molecule has 5 nitrogen and oxygen atoms in total. The first kappa shape index (κ1) is 16.3. The van der Waals surface area contributed by atoms with Crippen molar-refractivity contribution in [3.8, 4) is 11.5 Å². The highest BCUT2D eigenvalue weighted by molar-refractivity contribution is 5.97. The minimum Gasteiger partial charge on any atom is -0.508 e. The summed E-state index contributed by atoms with van der Waals surface area (Å²) in [6, 6.07) is 7.62. The third kappa shape index (κ3) is 4.22. The normalized spacial score (nSPS) is 11.6. The molecule has 0 saturated carbocycles. The number of rotatable bonds is 3. The molecule has 2 aromatic carbocycles. The lowest BCUT2D eigenvalue weighted by Crippen LogP contribution is -2.17. The fourth-order valence-electron chi connectivity index (χ4n) is 1.70. The quantitative estimate of drug-likeness (QED) is 0.600. The second-order valence-corrected chi connectivity index (χ2v) is 4.52. The summed E-state index contributed by atoms with van der Waals surface area (Å²) in [6.45, 7) is 0. The zero-order valence-electron chi connectivity index (χ0n) is 11.5. The van der Waals surface area contributed by atoms with Gasteiger partial charge in [0.2, 0.25) is 0 Å². The lowest BCUT2D eigenvalue weighted by molar-refractivity contribution is -0.137. The standard InChI is InChI=1S/C15H11F3N2O3/c16-15(17,18)10-3-1-9(2-4-10)8-19-20-14(23)12-6-5-11(21)7-13(12)22/h1-8,21-22H,(H,20,23)/b19-8-. The molecular weight excluding hydrogens is 313 g/mol. The maximum Gasteiger partial charge on any atom is 0.416 e. The van der Waals surface area contributed by atoms with Crippen LogP contribution in [0.5, 0.6) is 11.5 Å². The van der Waals surface area contributed by atoms with E-state index in [1.165, 1.54) is 24.3 Å². The number of phenolic OH excluding ortho intramolecular Hbond substituents is 2. The Balaban J connectivity index is 2.02. The van der Waals surface area contributed by atoms with Crippen LogP contribution in [0.4, 0.5) is 13.2 Å². The minimum atomic E-state index is -4.42. The molecule has 0 aliphatic rings. The van der Waals surface area contributed by atoms with E-state index in [1.807, 2.05) is 0 Å². The zero-order chi connectivity index (χ0) is 17.0. The number of carbonyl (C=O) groups is 1. The SMILES string of the molecule is O=C(N/N=C\c1ccc(C(F)(F)F)cc1)c1ccc(O)cc1O. The summed E-state index contributed by atoms with van der Waals surface area (Å²) in [6.07, 6.45) is -3.25. The lowest BCUT2D eigenvalue weighted by Gasteiger charge is -2.06. The Kier molecular flexibility index (Phi) is 4.54. The summed E-state index contributed by atoms with van der Waals surface area (Å²) in [5.74, 6) is -1.36. The molecule has 0 spiro atoms. The maximum atomic E-state index is 12.4. The van der Waals surface area contributed by atoms with Gasteiger partial charge in [-0.3, -0.25) is 4.79 Å². The highest BCUT2D eigenvalue weighted by Gasteiger charge is 2.29. The molecule has 8 heteroatoms. The van der Waals surface area contributed by atoms with Crippen molar-refractivity contribution in [1.29, 1.82) is 0 Å². The number of phenols is 2. The predicted molar refractivity (Wildman–Crippen MR) is 76.3 cm³/mol. The van der Waals surface area contributed by atoms with Crippen LogP contribution in [-0.4, -0.2) is 22.3 Å². The average molecular weight is 324 g/mol. The van der Waals surface area contributed by atoms with E-state index in [0.29, 0.717) is 5.56 Å². The number of aromatic hydroxyl groups is 2. The number of nitrogens with zero attached hydrogens (tertiary/aromatic N) is 1. The molecule has 2 rings (SSSR count). The Bertz CT molecular complexity index is 741. The largest absolute Gasteiger partial charge is 0.508 e. The van der Waals surface area contributed by atoms with Gasteiger partial charge in [0.1, 0.15) is 11.5 Å². The van der Waals surface area contributed by atoms with Gasteiger partial charge in [-0.1, -0.05) is 12.1 Å². The number of hydrogen-bond donors (Lipinski definition) is 3. The Labute approximate surface area is 128 Å². The van der Waals surface area contributed by atoms with Gasteiger partial charge in [-0.05, 0) is 29.8 Å². The second-order valence-electron chi connectivity index (χ2n) is 4.52. The molecule has 0 aromatic heterocycles.